The summed E-state index contributed by atoms with van der Waals surface area (Å²) in [7, 11) is 0. The maximum absolute atomic E-state index is 5.89. The number of rotatable bonds is 3. The van der Waals surface area contributed by atoms with Crippen LogP contribution in [0.5, 0.6) is 0 Å². The quantitative estimate of drug-likeness (QED) is 0.600. The SMILES string of the molecule is Cc1cnc(Cl)c(C=CCCS)c1. The lowest BCUT2D eigenvalue weighted by Crippen LogP contribution is -1.83. The van der Waals surface area contributed by atoms with E-state index >= 15 is 0 Å². The summed E-state index contributed by atoms with van der Waals surface area (Å²) in [4.78, 5) is 4.05. The molecule has 0 aliphatic heterocycles. The lowest BCUT2D eigenvalue weighted by molar-refractivity contribution is 1.24. The molecule has 1 aromatic heterocycles. The van der Waals surface area contributed by atoms with Crippen molar-refractivity contribution in [2.24, 2.45) is 0 Å². The van der Waals surface area contributed by atoms with E-state index in [1.165, 1.54) is 0 Å². The minimum atomic E-state index is 0.556. The zero-order valence-corrected chi connectivity index (χ0v) is 9.15. The topological polar surface area (TPSA) is 12.9 Å². The van der Waals surface area contributed by atoms with Gasteiger partial charge in [-0.2, -0.15) is 12.6 Å². The van der Waals surface area contributed by atoms with E-state index in [0.717, 1.165) is 23.3 Å². The molecule has 0 amide bonds. The van der Waals surface area contributed by atoms with Crippen LogP contribution in [-0.4, -0.2) is 10.7 Å². The summed E-state index contributed by atoms with van der Waals surface area (Å²) < 4.78 is 0. The minimum absolute atomic E-state index is 0.556. The summed E-state index contributed by atoms with van der Waals surface area (Å²) in [6, 6.07) is 2.02. The average Bonchev–Trinajstić information content (AvgIpc) is 2.11. The highest BCUT2D eigenvalue weighted by molar-refractivity contribution is 7.80. The van der Waals surface area contributed by atoms with Gasteiger partial charge in [-0.15, -0.1) is 0 Å². The lowest BCUT2D eigenvalue weighted by atomic mass is 10.2. The van der Waals surface area contributed by atoms with Gasteiger partial charge in [0.2, 0.25) is 0 Å². The number of aryl methyl sites for hydroxylation is 1. The zero-order chi connectivity index (χ0) is 9.68. The molecule has 0 radical (unpaired) electrons. The number of halogens is 1. The average molecular weight is 214 g/mol. The molecule has 1 nitrogen and oxygen atoms in total. The second kappa shape index (κ2) is 5.30. The first kappa shape index (κ1) is 10.6. The molecule has 0 unspecified atom stereocenters. The maximum atomic E-state index is 5.89. The molecule has 1 heterocycles. The standard InChI is InChI=1S/C10H12ClNS/c1-8-6-9(4-2-3-5-13)10(11)12-7-8/h2,4,6-7,13H,3,5H2,1H3. The summed E-state index contributed by atoms with van der Waals surface area (Å²) in [6.07, 6.45) is 6.75. The fraction of sp³-hybridized carbons (Fsp3) is 0.300. The van der Waals surface area contributed by atoms with E-state index in [1.807, 2.05) is 19.1 Å². The second-order valence-corrected chi connectivity index (χ2v) is 3.61. The largest absolute Gasteiger partial charge is 0.244 e. The van der Waals surface area contributed by atoms with Crippen LogP contribution in [0.25, 0.3) is 6.08 Å². The molecule has 0 aromatic carbocycles. The molecule has 0 fully saturated rings. The molecule has 0 aliphatic carbocycles. The molecular weight excluding hydrogens is 202 g/mol. The van der Waals surface area contributed by atoms with Crippen LogP contribution in [0.4, 0.5) is 0 Å². The Morgan fingerprint density at radius 2 is 2.38 bits per heavy atom. The Morgan fingerprint density at radius 1 is 1.62 bits per heavy atom. The van der Waals surface area contributed by atoms with Crippen LogP contribution in [0.2, 0.25) is 5.15 Å². The third-order valence-corrected chi connectivity index (χ3v) is 2.17. The van der Waals surface area contributed by atoms with E-state index in [1.54, 1.807) is 6.20 Å². The predicted octanol–water partition coefficient (Wildman–Crippen LogP) is 3.38. The van der Waals surface area contributed by atoms with Crippen molar-refractivity contribution in [1.82, 2.24) is 4.98 Å². The number of thiol groups is 1. The highest BCUT2D eigenvalue weighted by atomic mass is 35.5. The first-order chi connectivity index (χ1) is 6.24. The van der Waals surface area contributed by atoms with Crippen molar-refractivity contribution in [3.05, 3.63) is 34.6 Å². The van der Waals surface area contributed by atoms with E-state index in [2.05, 4.69) is 23.7 Å². The third-order valence-electron chi connectivity index (χ3n) is 1.60. The molecule has 0 spiro atoms. The number of nitrogens with zero attached hydrogens (tertiary/aromatic N) is 1. The van der Waals surface area contributed by atoms with Gasteiger partial charge in [0.15, 0.2) is 0 Å². The molecule has 1 aromatic rings. The summed E-state index contributed by atoms with van der Waals surface area (Å²) in [5.41, 5.74) is 2.10. The Labute approximate surface area is 89.2 Å². The van der Waals surface area contributed by atoms with E-state index in [4.69, 9.17) is 11.6 Å². The van der Waals surface area contributed by atoms with Crippen LogP contribution >= 0.6 is 24.2 Å². The first-order valence-electron chi connectivity index (χ1n) is 4.13. The monoisotopic (exact) mass is 213 g/mol. The number of pyridine rings is 1. The van der Waals surface area contributed by atoms with Crippen molar-refractivity contribution in [1.29, 1.82) is 0 Å². The van der Waals surface area contributed by atoms with Crippen molar-refractivity contribution in [2.45, 2.75) is 13.3 Å². The fourth-order valence-electron chi connectivity index (χ4n) is 0.977. The molecule has 13 heavy (non-hydrogen) atoms. The van der Waals surface area contributed by atoms with Gasteiger partial charge >= 0.3 is 0 Å². The smallest absolute Gasteiger partial charge is 0.136 e. The molecule has 0 bridgehead atoms. The fourth-order valence-corrected chi connectivity index (χ4v) is 1.29. The van der Waals surface area contributed by atoms with Gasteiger partial charge in [-0.25, -0.2) is 4.98 Å². The van der Waals surface area contributed by atoms with Crippen LogP contribution in [0, 0.1) is 6.92 Å². The Kier molecular flexibility index (Phi) is 4.33. The van der Waals surface area contributed by atoms with Gasteiger partial charge in [0.1, 0.15) is 5.15 Å². The number of hydrogen-bond donors (Lipinski definition) is 1. The summed E-state index contributed by atoms with van der Waals surface area (Å²) >= 11 is 10.0. The molecule has 0 atom stereocenters. The van der Waals surface area contributed by atoms with E-state index in [9.17, 15) is 0 Å². The highest BCUT2D eigenvalue weighted by Gasteiger charge is 1.96. The van der Waals surface area contributed by atoms with Crippen LogP contribution in [-0.2, 0) is 0 Å². The van der Waals surface area contributed by atoms with Gasteiger partial charge in [0.05, 0.1) is 0 Å². The lowest BCUT2D eigenvalue weighted by Gasteiger charge is -1.98. The number of allylic oxidation sites excluding steroid dienone is 1. The van der Waals surface area contributed by atoms with Gasteiger partial charge in [0, 0.05) is 11.8 Å². The number of aromatic nitrogens is 1. The molecule has 3 heteroatoms. The van der Waals surface area contributed by atoms with Gasteiger partial charge in [0.25, 0.3) is 0 Å². The van der Waals surface area contributed by atoms with Gasteiger partial charge in [-0.05, 0) is 30.7 Å². The normalized spacial score (nSPS) is 11.0. The predicted molar refractivity (Wildman–Crippen MR) is 61.5 cm³/mol. The molecule has 1 rings (SSSR count). The molecule has 0 N–H and O–H groups in total. The van der Waals surface area contributed by atoms with Crippen molar-refractivity contribution >= 4 is 30.3 Å². The highest BCUT2D eigenvalue weighted by Crippen LogP contribution is 2.15. The molecule has 0 saturated heterocycles. The maximum Gasteiger partial charge on any atom is 0.136 e. The van der Waals surface area contributed by atoms with Crippen molar-refractivity contribution in [3.8, 4) is 0 Å². The second-order valence-electron chi connectivity index (χ2n) is 2.81. The summed E-state index contributed by atoms with van der Waals surface area (Å²) in [6.45, 7) is 2.00. The summed E-state index contributed by atoms with van der Waals surface area (Å²) in [5, 5.41) is 0.556. The van der Waals surface area contributed by atoms with Crippen LogP contribution in [0.1, 0.15) is 17.5 Å². The Balaban J connectivity index is 2.81. The molecule has 70 valence electrons. The van der Waals surface area contributed by atoms with Crippen LogP contribution < -0.4 is 0 Å². The third kappa shape index (κ3) is 3.41. The van der Waals surface area contributed by atoms with Crippen molar-refractivity contribution < 1.29 is 0 Å². The van der Waals surface area contributed by atoms with Crippen molar-refractivity contribution in [2.75, 3.05) is 5.75 Å². The van der Waals surface area contributed by atoms with Crippen LogP contribution in [0.15, 0.2) is 18.3 Å². The molecular formula is C10H12ClNS. The zero-order valence-electron chi connectivity index (χ0n) is 7.50. The minimum Gasteiger partial charge on any atom is -0.244 e. The Morgan fingerprint density at radius 3 is 3.08 bits per heavy atom. The van der Waals surface area contributed by atoms with Gasteiger partial charge in [-0.1, -0.05) is 23.8 Å². The van der Waals surface area contributed by atoms with Crippen molar-refractivity contribution in [3.63, 3.8) is 0 Å². The van der Waals surface area contributed by atoms with E-state index in [0.29, 0.717) is 5.15 Å². The van der Waals surface area contributed by atoms with Gasteiger partial charge < -0.3 is 0 Å². The summed E-state index contributed by atoms with van der Waals surface area (Å²) in [5.74, 6) is 0.855. The Hall–Kier alpha value is -0.470. The molecule has 0 aliphatic rings. The number of hydrogen-bond acceptors (Lipinski definition) is 2. The van der Waals surface area contributed by atoms with Crippen LogP contribution in [0.3, 0.4) is 0 Å². The molecule has 0 saturated carbocycles. The van der Waals surface area contributed by atoms with Gasteiger partial charge in [-0.3, -0.25) is 0 Å². The van der Waals surface area contributed by atoms with E-state index in [-0.39, 0.29) is 0 Å². The Bertz CT molecular complexity index is 310. The van der Waals surface area contributed by atoms with E-state index < -0.39 is 0 Å². The first-order valence-corrected chi connectivity index (χ1v) is 5.14.